The molecule has 0 atom stereocenters. The standard InChI is InChI=1S/C16H16N6O2/c1-23-11-5-6-12(24-2)9(7-11)3-4-10-8-19-15-13(20-10)14(17)21-16(18)22-15/h3-8H,1-2H3,(H4,17,18,19,21,22)/b4-3+. The number of nitrogens with two attached hydrogens (primary N) is 2. The van der Waals surface area contributed by atoms with Crippen molar-refractivity contribution < 1.29 is 9.47 Å². The van der Waals surface area contributed by atoms with Gasteiger partial charge in [-0.2, -0.15) is 9.97 Å². The highest BCUT2D eigenvalue weighted by Crippen LogP contribution is 2.26. The van der Waals surface area contributed by atoms with Crippen molar-refractivity contribution in [2.24, 2.45) is 0 Å². The van der Waals surface area contributed by atoms with E-state index < -0.39 is 0 Å². The monoisotopic (exact) mass is 324 g/mol. The van der Waals surface area contributed by atoms with Crippen LogP contribution < -0.4 is 20.9 Å². The van der Waals surface area contributed by atoms with Crippen LogP contribution in [0.4, 0.5) is 11.8 Å². The molecule has 24 heavy (non-hydrogen) atoms. The van der Waals surface area contributed by atoms with Gasteiger partial charge >= 0.3 is 0 Å². The molecule has 0 unspecified atom stereocenters. The summed E-state index contributed by atoms with van der Waals surface area (Å²) in [4.78, 5) is 16.5. The second-order valence-corrected chi connectivity index (χ2v) is 4.88. The Kier molecular flexibility index (Phi) is 4.11. The van der Waals surface area contributed by atoms with Crippen molar-refractivity contribution in [3.05, 3.63) is 35.7 Å². The number of fused-ring (bicyclic) bond motifs is 1. The summed E-state index contributed by atoms with van der Waals surface area (Å²) in [7, 11) is 3.22. The Morgan fingerprint density at radius 2 is 1.83 bits per heavy atom. The highest BCUT2D eigenvalue weighted by molar-refractivity contribution is 5.83. The number of nitrogen functional groups attached to an aromatic ring is 2. The predicted octanol–water partition coefficient (Wildman–Crippen LogP) is 1.77. The lowest BCUT2D eigenvalue weighted by Crippen LogP contribution is -2.03. The topological polar surface area (TPSA) is 122 Å². The summed E-state index contributed by atoms with van der Waals surface area (Å²) in [6, 6.07) is 5.52. The van der Waals surface area contributed by atoms with E-state index in [0.717, 1.165) is 17.1 Å². The lowest BCUT2D eigenvalue weighted by atomic mass is 10.1. The summed E-state index contributed by atoms with van der Waals surface area (Å²) in [6.45, 7) is 0. The zero-order chi connectivity index (χ0) is 17.1. The van der Waals surface area contributed by atoms with Gasteiger partial charge < -0.3 is 20.9 Å². The van der Waals surface area contributed by atoms with Crippen LogP contribution in [0.25, 0.3) is 23.3 Å². The van der Waals surface area contributed by atoms with Gasteiger partial charge in [0.25, 0.3) is 0 Å². The SMILES string of the molecule is COc1ccc(OC)c(/C=C/c2cnc3nc(N)nc(N)c3n2)c1. The van der Waals surface area contributed by atoms with Gasteiger partial charge in [0.15, 0.2) is 17.0 Å². The molecule has 0 amide bonds. The molecule has 3 rings (SSSR count). The van der Waals surface area contributed by atoms with Crippen molar-refractivity contribution in [1.82, 2.24) is 19.9 Å². The van der Waals surface area contributed by atoms with Gasteiger partial charge in [0, 0.05) is 5.56 Å². The van der Waals surface area contributed by atoms with E-state index in [1.165, 1.54) is 0 Å². The third-order valence-electron chi connectivity index (χ3n) is 3.34. The van der Waals surface area contributed by atoms with E-state index in [1.807, 2.05) is 24.3 Å². The number of anilines is 2. The van der Waals surface area contributed by atoms with Crippen molar-refractivity contribution in [1.29, 1.82) is 0 Å². The molecule has 8 heteroatoms. The van der Waals surface area contributed by atoms with Gasteiger partial charge in [-0.15, -0.1) is 0 Å². The van der Waals surface area contributed by atoms with Crippen LogP contribution in [0.5, 0.6) is 11.5 Å². The fourth-order valence-electron chi connectivity index (χ4n) is 2.19. The van der Waals surface area contributed by atoms with Gasteiger partial charge in [0.1, 0.15) is 11.5 Å². The highest BCUT2D eigenvalue weighted by Gasteiger charge is 2.07. The molecular weight excluding hydrogens is 308 g/mol. The van der Waals surface area contributed by atoms with E-state index in [9.17, 15) is 0 Å². The maximum absolute atomic E-state index is 5.82. The molecule has 0 aliphatic carbocycles. The molecule has 122 valence electrons. The zero-order valence-corrected chi connectivity index (χ0v) is 13.2. The van der Waals surface area contributed by atoms with Crippen molar-refractivity contribution in [2.75, 3.05) is 25.7 Å². The second kappa shape index (κ2) is 6.37. The van der Waals surface area contributed by atoms with E-state index in [1.54, 1.807) is 26.5 Å². The van der Waals surface area contributed by atoms with Crippen LogP contribution in [0.1, 0.15) is 11.3 Å². The van der Waals surface area contributed by atoms with E-state index in [2.05, 4.69) is 19.9 Å². The normalized spacial score (nSPS) is 11.1. The van der Waals surface area contributed by atoms with E-state index in [-0.39, 0.29) is 11.8 Å². The fourth-order valence-corrected chi connectivity index (χ4v) is 2.19. The van der Waals surface area contributed by atoms with Crippen LogP contribution in [-0.2, 0) is 0 Å². The largest absolute Gasteiger partial charge is 0.497 e. The molecule has 2 aromatic heterocycles. The van der Waals surface area contributed by atoms with Crippen molar-refractivity contribution in [2.45, 2.75) is 0 Å². The minimum atomic E-state index is 0.0682. The lowest BCUT2D eigenvalue weighted by Gasteiger charge is -2.07. The summed E-state index contributed by atoms with van der Waals surface area (Å²) in [5.41, 5.74) is 13.6. The van der Waals surface area contributed by atoms with Crippen LogP contribution in [0.3, 0.4) is 0 Å². The van der Waals surface area contributed by atoms with Gasteiger partial charge in [-0.25, -0.2) is 9.97 Å². The number of benzene rings is 1. The average molecular weight is 324 g/mol. The number of hydrogen-bond donors (Lipinski definition) is 2. The summed E-state index contributed by atoms with van der Waals surface area (Å²) in [5.74, 6) is 1.71. The average Bonchev–Trinajstić information content (AvgIpc) is 2.59. The first kappa shape index (κ1) is 15.5. The molecular formula is C16H16N6O2. The van der Waals surface area contributed by atoms with Crippen LogP contribution >= 0.6 is 0 Å². The number of ether oxygens (including phenoxy) is 2. The third kappa shape index (κ3) is 3.02. The Bertz CT molecular complexity index is 926. The Morgan fingerprint density at radius 1 is 1.00 bits per heavy atom. The minimum Gasteiger partial charge on any atom is -0.497 e. The predicted molar refractivity (Wildman–Crippen MR) is 92.4 cm³/mol. The molecule has 0 bridgehead atoms. The molecule has 4 N–H and O–H groups in total. The number of nitrogens with zero attached hydrogens (tertiary/aromatic N) is 4. The second-order valence-electron chi connectivity index (χ2n) is 4.88. The van der Waals surface area contributed by atoms with Crippen LogP contribution in [-0.4, -0.2) is 34.2 Å². The Morgan fingerprint density at radius 3 is 2.58 bits per heavy atom. The van der Waals surface area contributed by atoms with Gasteiger partial charge in [-0.3, -0.25) is 0 Å². The first-order chi connectivity index (χ1) is 11.6. The number of hydrogen-bond acceptors (Lipinski definition) is 8. The Hall–Kier alpha value is -3.42. The molecule has 0 fully saturated rings. The van der Waals surface area contributed by atoms with Crippen LogP contribution in [0.2, 0.25) is 0 Å². The summed E-state index contributed by atoms with van der Waals surface area (Å²) >= 11 is 0. The summed E-state index contributed by atoms with van der Waals surface area (Å²) in [5, 5.41) is 0. The minimum absolute atomic E-state index is 0.0682. The number of methoxy groups -OCH3 is 2. The van der Waals surface area contributed by atoms with Crippen LogP contribution in [0.15, 0.2) is 24.4 Å². The molecule has 0 saturated heterocycles. The van der Waals surface area contributed by atoms with Gasteiger partial charge in [0.2, 0.25) is 5.95 Å². The molecule has 0 spiro atoms. The van der Waals surface area contributed by atoms with Gasteiger partial charge in [-0.05, 0) is 30.4 Å². The zero-order valence-electron chi connectivity index (χ0n) is 13.2. The third-order valence-corrected chi connectivity index (χ3v) is 3.34. The molecule has 2 heterocycles. The van der Waals surface area contributed by atoms with E-state index in [0.29, 0.717) is 16.9 Å². The van der Waals surface area contributed by atoms with Crippen LogP contribution in [0, 0.1) is 0 Å². The van der Waals surface area contributed by atoms with Crippen molar-refractivity contribution in [3.63, 3.8) is 0 Å². The summed E-state index contributed by atoms with van der Waals surface area (Å²) < 4.78 is 10.6. The first-order valence-corrected chi connectivity index (χ1v) is 7.06. The van der Waals surface area contributed by atoms with E-state index >= 15 is 0 Å². The molecule has 8 nitrogen and oxygen atoms in total. The van der Waals surface area contributed by atoms with Gasteiger partial charge in [-0.1, -0.05) is 0 Å². The molecule has 0 saturated carbocycles. The smallest absolute Gasteiger partial charge is 0.224 e. The number of rotatable bonds is 4. The summed E-state index contributed by atoms with van der Waals surface area (Å²) in [6.07, 6.45) is 5.22. The van der Waals surface area contributed by atoms with Crippen molar-refractivity contribution in [3.8, 4) is 11.5 Å². The highest BCUT2D eigenvalue weighted by atomic mass is 16.5. The van der Waals surface area contributed by atoms with E-state index in [4.69, 9.17) is 20.9 Å². The molecule has 1 aromatic carbocycles. The maximum atomic E-state index is 5.82. The molecule has 0 aliphatic heterocycles. The lowest BCUT2D eigenvalue weighted by molar-refractivity contribution is 0.402. The quantitative estimate of drug-likeness (QED) is 0.744. The Balaban J connectivity index is 1.99. The van der Waals surface area contributed by atoms with Crippen molar-refractivity contribution >= 4 is 35.1 Å². The molecule has 0 aliphatic rings. The molecule has 0 radical (unpaired) electrons. The first-order valence-electron chi connectivity index (χ1n) is 7.06. The Labute approximate surface area is 138 Å². The molecule has 3 aromatic rings. The fraction of sp³-hybridized carbons (Fsp3) is 0.125. The number of aromatic nitrogens is 4. The van der Waals surface area contributed by atoms with Gasteiger partial charge in [0.05, 0.1) is 26.1 Å². The maximum Gasteiger partial charge on any atom is 0.224 e.